The normalized spacial score (nSPS) is 20.2. The van der Waals surface area contributed by atoms with Gasteiger partial charge in [-0.3, -0.25) is 4.79 Å². The zero-order valence-corrected chi connectivity index (χ0v) is 9.13. The van der Waals surface area contributed by atoms with Crippen LogP contribution in [0.4, 0.5) is 0 Å². The van der Waals surface area contributed by atoms with Crippen LogP contribution in [0.1, 0.15) is 36.0 Å². The summed E-state index contributed by atoms with van der Waals surface area (Å²) in [4.78, 5) is 11.9. The van der Waals surface area contributed by atoms with Crippen LogP contribution in [0.5, 0.6) is 0 Å². The van der Waals surface area contributed by atoms with Crippen LogP contribution < -0.4 is 0 Å². The van der Waals surface area contributed by atoms with E-state index in [2.05, 4.69) is 0 Å². The molecule has 2 rings (SSSR count). The monoisotopic (exact) mass is 217 g/mol. The van der Waals surface area contributed by atoms with Crippen LogP contribution in [0.2, 0.25) is 0 Å². The predicted molar refractivity (Wildman–Crippen MR) is 62.7 cm³/mol. The largest absolute Gasteiger partial charge is 0.624 e. The van der Waals surface area contributed by atoms with Gasteiger partial charge in [-0.05, 0) is 6.42 Å². The molecule has 0 amide bonds. The molecule has 1 atom stereocenters. The van der Waals surface area contributed by atoms with Gasteiger partial charge in [0.25, 0.3) is 0 Å². The van der Waals surface area contributed by atoms with E-state index in [-0.39, 0.29) is 11.8 Å². The second kappa shape index (κ2) is 4.92. The Labute approximate surface area is 95.0 Å². The maximum absolute atomic E-state index is 11.9. The van der Waals surface area contributed by atoms with Crippen molar-refractivity contribution in [2.75, 3.05) is 0 Å². The van der Waals surface area contributed by atoms with Gasteiger partial charge in [-0.2, -0.15) is 0 Å². The van der Waals surface area contributed by atoms with E-state index in [1.165, 1.54) is 0 Å². The van der Waals surface area contributed by atoms with E-state index in [1.807, 2.05) is 18.2 Å². The molecule has 1 aliphatic heterocycles. The van der Waals surface area contributed by atoms with Gasteiger partial charge in [-0.1, -0.05) is 30.3 Å². The first-order valence-corrected chi connectivity index (χ1v) is 5.64. The highest BCUT2D eigenvalue weighted by molar-refractivity contribution is 5.96. The third-order valence-corrected chi connectivity index (χ3v) is 2.93. The molecule has 0 spiro atoms. The minimum absolute atomic E-state index is 0.0572. The van der Waals surface area contributed by atoms with Gasteiger partial charge >= 0.3 is 0 Å². The average Bonchev–Trinajstić information content (AvgIpc) is 2.33. The van der Waals surface area contributed by atoms with E-state index >= 15 is 0 Å². The Morgan fingerprint density at radius 2 is 2.12 bits per heavy atom. The summed E-state index contributed by atoms with van der Waals surface area (Å²) >= 11 is 0. The molecule has 1 unspecified atom stereocenters. The van der Waals surface area contributed by atoms with Crippen LogP contribution in [0, 0.1) is 5.21 Å². The Balaban J connectivity index is 2.03. The molecular weight excluding hydrogens is 202 g/mol. The minimum Gasteiger partial charge on any atom is -0.624 e. The van der Waals surface area contributed by atoms with Gasteiger partial charge < -0.3 is 5.21 Å². The number of ketones is 1. The molecule has 16 heavy (non-hydrogen) atoms. The number of carbonyl (C=O) groups is 1. The van der Waals surface area contributed by atoms with Crippen LogP contribution in [-0.2, 0) is 0 Å². The Morgan fingerprint density at radius 1 is 1.38 bits per heavy atom. The molecule has 0 bridgehead atoms. The SMILES string of the molecule is O=C(CC1CCCC=[N+]1[O-])c1ccccc1. The summed E-state index contributed by atoms with van der Waals surface area (Å²) in [7, 11) is 0. The fraction of sp³-hybridized carbons (Fsp3) is 0.385. The second-order valence-corrected chi connectivity index (χ2v) is 4.12. The molecule has 0 fully saturated rings. The van der Waals surface area contributed by atoms with Crippen LogP contribution >= 0.6 is 0 Å². The number of nitrogens with zero attached hydrogens (tertiary/aromatic N) is 1. The maximum Gasteiger partial charge on any atom is 0.170 e. The molecule has 0 saturated carbocycles. The fourth-order valence-corrected chi connectivity index (χ4v) is 2.00. The second-order valence-electron chi connectivity index (χ2n) is 4.12. The number of rotatable bonds is 3. The lowest BCUT2D eigenvalue weighted by molar-refractivity contribution is -0.501. The first-order valence-electron chi connectivity index (χ1n) is 5.64. The standard InChI is InChI=1S/C13H15NO2/c15-13(11-6-2-1-3-7-11)10-12-8-4-5-9-14(12)16/h1-3,6-7,9,12H,4-5,8,10H2. The van der Waals surface area contributed by atoms with Gasteiger partial charge in [-0.25, -0.2) is 4.74 Å². The molecular formula is C13H15NO2. The summed E-state index contributed by atoms with van der Waals surface area (Å²) in [6.07, 6.45) is 4.63. The zero-order chi connectivity index (χ0) is 11.4. The third kappa shape index (κ3) is 2.48. The zero-order valence-electron chi connectivity index (χ0n) is 9.13. The number of Topliss-reactive ketones (excluding diaryl/α,β-unsaturated/α-hetero) is 1. The lowest BCUT2D eigenvalue weighted by atomic mass is 9.98. The molecule has 0 aromatic heterocycles. The molecule has 1 aliphatic rings. The molecule has 1 heterocycles. The average molecular weight is 217 g/mol. The lowest BCUT2D eigenvalue weighted by Gasteiger charge is -2.19. The van der Waals surface area contributed by atoms with Crippen molar-refractivity contribution in [1.29, 1.82) is 0 Å². The highest BCUT2D eigenvalue weighted by Gasteiger charge is 2.23. The fourth-order valence-electron chi connectivity index (χ4n) is 2.00. The van der Waals surface area contributed by atoms with E-state index in [1.54, 1.807) is 18.3 Å². The van der Waals surface area contributed by atoms with E-state index in [0.717, 1.165) is 24.0 Å². The van der Waals surface area contributed by atoms with Gasteiger partial charge in [0.05, 0.1) is 6.42 Å². The Kier molecular flexibility index (Phi) is 3.34. The molecule has 3 nitrogen and oxygen atoms in total. The van der Waals surface area contributed by atoms with Gasteiger partial charge in [0.15, 0.2) is 18.0 Å². The summed E-state index contributed by atoms with van der Waals surface area (Å²) in [5.74, 6) is 0.0572. The minimum atomic E-state index is -0.165. The number of benzene rings is 1. The highest BCUT2D eigenvalue weighted by atomic mass is 16.5. The van der Waals surface area contributed by atoms with E-state index in [4.69, 9.17) is 0 Å². The van der Waals surface area contributed by atoms with Crippen LogP contribution in [0.25, 0.3) is 0 Å². The first kappa shape index (κ1) is 10.9. The topological polar surface area (TPSA) is 43.1 Å². The van der Waals surface area contributed by atoms with Crippen molar-refractivity contribution in [2.45, 2.75) is 31.7 Å². The first-order chi connectivity index (χ1) is 7.77. The molecule has 0 radical (unpaired) electrons. The number of hydrogen-bond acceptors (Lipinski definition) is 2. The third-order valence-electron chi connectivity index (χ3n) is 2.93. The molecule has 0 saturated heterocycles. The van der Waals surface area contributed by atoms with Crippen molar-refractivity contribution in [2.24, 2.45) is 0 Å². The summed E-state index contributed by atoms with van der Waals surface area (Å²) < 4.78 is 0.949. The van der Waals surface area contributed by atoms with E-state index in [9.17, 15) is 10.0 Å². The van der Waals surface area contributed by atoms with Crippen molar-refractivity contribution < 1.29 is 9.53 Å². The van der Waals surface area contributed by atoms with Crippen molar-refractivity contribution in [3.8, 4) is 0 Å². The van der Waals surface area contributed by atoms with E-state index < -0.39 is 0 Å². The number of hydroxylamine groups is 1. The van der Waals surface area contributed by atoms with Gasteiger partial charge in [0.2, 0.25) is 0 Å². The molecule has 3 heteroatoms. The van der Waals surface area contributed by atoms with Gasteiger partial charge in [-0.15, -0.1) is 0 Å². The predicted octanol–water partition coefficient (Wildman–Crippen LogP) is 2.39. The molecule has 0 N–H and O–H groups in total. The van der Waals surface area contributed by atoms with Crippen LogP contribution in [-0.4, -0.2) is 22.8 Å². The Morgan fingerprint density at radius 3 is 2.81 bits per heavy atom. The molecule has 1 aromatic carbocycles. The number of hydrogen-bond donors (Lipinski definition) is 0. The van der Waals surface area contributed by atoms with Crippen molar-refractivity contribution in [3.05, 3.63) is 41.1 Å². The summed E-state index contributed by atoms with van der Waals surface area (Å²) in [6, 6.07) is 8.99. The Hall–Kier alpha value is -1.64. The quantitative estimate of drug-likeness (QED) is 0.443. The van der Waals surface area contributed by atoms with Crippen LogP contribution in [0.3, 0.4) is 0 Å². The Bertz CT molecular complexity index is 398. The highest BCUT2D eigenvalue weighted by Crippen LogP contribution is 2.15. The van der Waals surface area contributed by atoms with Crippen molar-refractivity contribution in [1.82, 2.24) is 0 Å². The smallest absolute Gasteiger partial charge is 0.170 e. The van der Waals surface area contributed by atoms with E-state index in [0.29, 0.717) is 12.0 Å². The van der Waals surface area contributed by atoms with Crippen molar-refractivity contribution >= 4 is 12.0 Å². The summed E-state index contributed by atoms with van der Waals surface area (Å²) in [5, 5.41) is 11.5. The molecule has 1 aromatic rings. The maximum atomic E-state index is 11.9. The lowest BCUT2D eigenvalue weighted by Crippen LogP contribution is -2.28. The summed E-state index contributed by atoms with van der Waals surface area (Å²) in [5.41, 5.74) is 0.696. The molecule has 84 valence electrons. The molecule has 0 aliphatic carbocycles. The van der Waals surface area contributed by atoms with Crippen LogP contribution in [0.15, 0.2) is 30.3 Å². The van der Waals surface area contributed by atoms with Crippen molar-refractivity contribution in [3.63, 3.8) is 0 Å². The van der Waals surface area contributed by atoms with Gasteiger partial charge in [0.1, 0.15) is 0 Å². The summed E-state index contributed by atoms with van der Waals surface area (Å²) in [6.45, 7) is 0. The van der Waals surface area contributed by atoms with Gasteiger partial charge in [0, 0.05) is 18.4 Å². The number of carbonyl (C=O) groups excluding carboxylic acids is 1.